The van der Waals surface area contributed by atoms with Gasteiger partial charge in [0.05, 0.1) is 22.4 Å². The summed E-state index contributed by atoms with van der Waals surface area (Å²) >= 11 is 8.75. The third kappa shape index (κ3) is 4.34. The van der Waals surface area contributed by atoms with E-state index in [1.54, 1.807) is 11.3 Å². The second-order valence-electron chi connectivity index (χ2n) is 5.94. The van der Waals surface area contributed by atoms with Crippen LogP contribution in [0.5, 0.6) is 0 Å². The Labute approximate surface area is 146 Å². The molecule has 0 saturated carbocycles. The highest BCUT2D eigenvalue weighted by atomic mass is 79.9. The van der Waals surface area contributed by atoms with Crippen molar-refractivity contribution in [2.75, 3.05) is 7.05 Å². The average Bonchev–Trinajstić information content (AvgIpc) is 2.85. The summed E-state index contributed by atoms with van der Waals surface area (Å²) in [5, 5.41) is 6.63. The Hall–Kier alpha value is -0.300. The fraction of sp³-hybridized carbons (Fsp3) is 0.467. The molecule has 0 amide bonds. The quantitative estimate of drug-likeness (QED) is 0.749. The first-order valence-electron chi connectivity index (χ1n) is 6.74. The van der Waals surface area contributed by atoms with Crippen LogP contribution in [0.1, 0.15) is 43.2 Å². The zero-order valence-corrected chi connectivity index (χ0v) is 16.6. The number of rotatable bonds is 4. The topological polar surface area (TPSA) is 37.8 Å². The van der Waals surface area contributed by atoms with Crippen LogP contribution in [0.15, 0.2) is 26.6 Å². The predicted octanol–water partition coefficient (Wildman–Crippen LogP) is 4.86. The summed E-state index contributed by atoms with van der Waals surface area (Å²) in [6.45, 7) is 6.57. The number of thiazole rings is 1. The van der Waals surface area contributed by atoms with Gasteiger partial charge < -0.3 is 5.32 Å². The second-order valence-corrected chi connectivity index (χ2v) is 8.66. The van der Waals surface area contributed by atoms with Gasteiger partial charge in [0.2, 0.25) is 0 Å². The summed E-state index contributed by atoms with van der Waals surface area (Å²) in [7, 11) is 1.96. The molecule has 2 aromatic heterocycles. The van der Waals surface area contributed by atoms with E-state index in [1.165, 1.54) is 0 Å². The molecule has 1 N–H and O–H groups in total. The molecule has 0 spiro atoms. The van der Waals surface area contributed by atoms with Gasteiger partial charge in [-0.2, -0.15) is 0 Å². The summed E-state index contributed by atoms with van der Waals surface area (Å²) in [6, 6.07) is 2.17. The standard InChI is InChI=1S/C15H19Br2N3S/c1-15(2,3)12-8-21-13(20-12)6-11(18-4)14-10(17)5-9(16)7-19-14/h5,7-8,11,18H,6H2,1-4H3. The molecule has 0 aliphatic carbocycles. The minimum Gasteiger partial charge on any atom is -0.311 e. The van der Waals surface area contributed by atoms with Gasteiger partial charge in [-0.3, -0.25) is 4.98 Å². The summed E-state index contributed by atoms with van der Waals surface area (Å²) in [6.07, 6.45) is 2.66. The molecule has 0 aromatic carbocycles. The van der Waals surface area contributed by atoms with Gasteiger partial charge in [-0.1, -0.05) is 20.8 Å². The van der Waals surface area contributed by atoms with E-state index in [-0.39, 0.29) is 11.5 Å². The lowest BCUT2D eigenvalue weighted by molar-refractivity contribution is 0.553. The molecule has 0 radical (unpaired) electrons. The number of pyridine rings is 1. The number of nitrogens with zero attached hydrogens (tertiary/aromatic N) is 2. The molecule has 2 heterocycles. The number of halogens is 2. The van der Waals surface area contributed by atoms with E-state index in [0.717, 1.165) is 31.8 Å². The maximum Gasteiger partial charge on any atom is 0.0948 e. The molecule has 2 aromatic rings. The first kappa shape index (κ1) is 17.1. The molecule has 0 fully saturated rings. The van der Waals surface area contributed by atoms with E-state index in [4.69, 9.17) is 4.98 Å². The van der Waals surface area contributed by atoms with Gasteiger partial charge in [0.25, 0.3) is 0 Å². The minimum absolute atomic E-state index is 0.0976. The van der Waals surface area contributed by atoms with Crippen LogP contribution in [0.3, 0.4) is 0 Å². The largest absolute Gasteiger partial charge is 0.311 e. The number of aromatic nitrogens is 2. The van der Waals surface area contributed by atoms with Crippen molar-refractivity contribution in [1.82, 2.24) is 15.3 Å². The van der Waals surface area contributed by atoms with Gasteiger partial charge in [0.15, 0.2) is 0 Å². The molecule has 0 aliphatic rings. The molecule has 0 saturated heterocycles. The first-order valence-corrected chi connectivity index (χ1v) is 9.21. The number of nitrogens with one attached hydrogen (secondary N) is 1. The number of hydrogen-bond donors (Lipinski definition) is 1. The zero-order chi connectivity index (χ0) is 15.6. The van der Waals surface area contributed by atoms with Gasteiger partial charge in [0, 0.05) is 32.4 Å². The lowest BCUT2D eigenvalue weighted by atomic mass is 9.93. The first-order chi connectivity index (χ1) is 9.81. The normalized spacial score (nSPS) is 13.4. The van der Waals surface area contributed by atoms with E-state index in [0.29, 0.717) is 0 Å². The molecular weight excluding hydrogens is 414 g/mol. The van der Waals surface area contributed by atoms with Crippen molar-refractivity contribution in [3.05, 3.63) is 43.0 Å². The summed E-state index contributed by atoms with van der Waals surface area (Å²) in [5.74, 6) is 0. The van der Waals surface area contributed by atoms with Crippen LogP contribution in [-0.2, 0) is 11.8 Å². The van der Waals surface area contributed by atoms with Crippen LogP contribution in [0, 0.1) is 0 Å². The van der Waals surface area contributed by atoms with Crippen molar-refractivity contribution in [2.24, 2.45) is 0 Å². The van der Waals surface area contributed by atoms with Crippen LogP contribution >= 0.6 is 43.2 Å². The minimum atomic E-state index is 0.0976. The van der Waals surface area contributed by atoms with Crippen molar-refractivity contribution in [1.29, 1.82) is 0 Å². The SMILES string of the molecule is CNC(Cc1nc(C(C)(C)C)cs1)c1ncc(Br)cc1Br. The lowest BCUT2D eigenvalue weighted by Gasteiger charge is -2.17. The van der Waals surface area contributed by atoms with Crippen molar-refractivity contribution >= 4 is 43.2 Å². The maximum atomic E-state index is 4.77. The van der Waals surface area contributed by atoms with Crippen LogP contribution in [-0.4, -0.2) is 17.0 Å². The molecule has 6 heteroatoms. The van der Waals surface area contributed by atoms with E-state index >= 15 is 0 Å². The highest BCUT2D eigenvalue weighted by Gasteiger charge is 2.20. The molecule has 1 atom stereocenters. The van der Waals surface area contributed by atoms with E-state index in [9.17, 15) is 0 Å². The fourth-order valence-electron chi connectivity index (χ4n) is 1.94. The van der Waals surface area contributed by atoms with Crippen LogP contribution in [0.25, 0.3) is 0 Å². The summed E-state index contributed by atoms with van der Waals surface area (Å²) in [5.41, 5.74) is 2.26. The van der Waals surface area contributed by atoms with E-state index < -0.39 is 0 Å². The monoisotopic (exact) mass is 431 g/mol. The Morgan fingerprint density at radius 2 is 2.05 bits per heavy atom. The Morgan fingerprint density at radius 3 is 2.57 bits per heavy atom. The zero-order valence-electron chi connectivity index (χ0n) is 12.6. The van der Waals surface area contributed by atoms with Crippen LogP contribution in [0.2, 0.25) is 0 Å². The van der Waals surface area contributed by atoms with Gasteiger partial charge >= 0.3 is 0 Å². The Morgan fingerprint density at radius 1 is 1.33 bits per heavy atom. The third-order valence-corrected chi connectivity index (χ3v) is 5.15. The number of likely N-dealkylation sites (N-methyl/N-ethyl adjacent to an activating group) is 1. The van der Waals surface area contributed by atoms with Crippen molar-refractivity contribution < 1.29 is 0 Å². The van der Waals surface area contributed by atoms with Crippen molar-refractivity contribution in [3.8, 4) is 0 Å². The molecule has 3 nitrogen and oxygen atoms in total. The Balaban J connectivity index is 2.21. The summed E-state index contributed by atoms with van der Waals surface area (Å²) < 4.78 is 1.97. The van der Waals surface area contributed by atoms with Crippen molar-refractivity contribution in [3.63, 3.8) is 0 Å². The van der Waals surface area contributed by atoms with Gasteiger partial charge in [0.1, 0.15) is 0 Å². The molecule has 21 heavy (non-hydrogen) atoms. The highest BCUT2D eigenvalue weighted by Crippen LogP contribution is 2.29. The second kappa shape index (κ2) is 6.86. The van der Waals surface area contributed by atoms with Crippen LogP contribution < -0.4 is 5.32 Å². The smallest absolute Gasteiger partial charge is 0.0948 e. The molecule has 0 bridgehead atoms. The van der Waals surface area contributed by atoms with Crippen molar-refractivity contribution in [2.45, 2.75) is 38.6 Å². The molecule has 114 valence electrons. The fourth-order valence-corrected chi connectivity index (χ4v) is 4.27. The Bertz CT molecular complexity index is 620. The van der Waals surface area contributed by atoms with Gasteiger partial charge in [-0.25, -0.2) is 4.98 Å². The lowest BCUT2D eigenvalue weighted by Crippen LogP contribution is -2.21. The Kier molecular flexibility index (Phi) is 5.57. The molecule has 2 rings (SSSR count). The van der Waals surface area contributed by atoms with E-state index in [1.807, 2.05) is 19.3 Å². The highest BCUT2D eigenvalue weighted by molar-refractivity contribution is 9.11. The van der Waals surface area contributed by atoms with Gasteiger partial charge in [-0.05, 0) is 45.0 Å². The van der Waals surface area contributed by atoms with Crippen LogP contribution in [0.4, 0.5) is 0 Å². The number of hydrogen-bond acceptors (Lipinski definition) is 4. The summed E-state index contributed by atoms with van der Waals surface area (Å²) in [4.78, 5) is 9.29. The molecular formula is C15H19Br2N3S. The van der Waals surface area contributed by atoms with Gasteiger partial charge in [-0.15, -0.1) is 11.3 Å². The predicted molar refractivity (Wildman–Crippen MR) is 96.0 cm³/mol. The molecule has 1 unspecified atom stereocenters. The molecule has 0 aliphatic heterocycles. The maximum absolute atomic E-state index is 4.77. The third-order valence-electron chi connectivity index (χ3n) is 3.21. The van der Waals surface area contributed by atoms with E-state index in [2.05, 4.69) is 68.3 Å². The average molecular weight is 433 g/mol.